The van der Waals surface area contributed by atoms with Crippen LogP contribution in [-0.2, 0) is 9.59 Å². The summed E-state index contributed by atoms with van der Waals surface area (Å²) in [7, 11) is 0. The Morgan fingerprint density at radius 3 is 2.86 bits per heavy atom. The first-order valence-electron chi connectivity index (χ1n) is 6.86. The number of imide groups is 1. The topological polar surface area (TPSA) is 91.4 Å². The Bertz CT molecular complexity index is 599. The van der Waals surface area contributed by atoms with Gasteiger partial charge in [-0.1, -0.05) is 6.07 Å². The average Bonchev–Trinajstić information content (AvgIpc) is 3.26. The predicted octanol–water partition coefficient (Wildman–Crippen LogP) is 0.741. The number of hydrogen-bond donors (Lipinski definition) is 2. The van der Waals surface area contributed by atoms with Crippen molar-refractivity contribution in [2.24, 2.45) is 5.92 Å². The molecule has 1 aromatic rings. The summed E-state index contributed by atoms with van der Waals surface area (Å²) in [5.74, 6) is -0.208. The quantitative estimate of drug-likeness (QED) is 0.799. The van der Waals surface area contributed by atoms with Gasteiger partial charge >= 0.3 is 6.03 Å². The highest BCUT2D eigenvalue weighted by Gasteiger charge is 2.56. The van der Waals surface area contributed by atoms with E-state index in [1.54, 1.807) is 31.3 Å². The fourth-order valence-electron chi connectivity index (χ4n) is 2.56. The number of rotatable bonds is 4. The lowest BCUT2D eigenvalue weighted by Crippen LogP contribution is -2.46. The molecule has 0 bridgehead atoms. The summed E-state index contributed by atoms with van der Waals surface area (Å²) < 4.78 is 0. The molecule has 7 nitrogen and oxygen atoms in total. The molecular formula is C14H16N4O3. The second kappa shape index (κ2) is 4.83. The number of carbonyl (C=O) groups excluding carboxylic acids is 3. The predicted molar refractivity (Wildman–Crippen MR) is 74.2 cm³/mol. The highest BCUT2D eigenvalue weighted by molar-refractivity contribution is 6.10. The Kier molecular flexibility index (Phi) is 3.12. The third kappa shape index (κ3) is 2.46. The maximum absolute atomic E-state index is 12.4. The van der Waals surface area contributed by atoms with E-state index in [0.717, 1.165) is 17.7 Å². The summed E-state index contributed by atoms with van der Waals surface area (Å²) in [6.07, 6.45) is 3.40. The highest BCUT2D eigenvalue weighted by Crippen LogP contribution is 2.42. The first kappa shape index (κ1) is 13.5. The van der Waals surface area contributed by atoms with Crippen molar-refractivity contribution in [2.75, 3.05) is 11.9 Å². The van der Waals surface area contributed by atoms with Crippen molar-refractivity contribution < 1.29 is 14.4 Å². The summed E-state index contributed by atoms with van der Waals surface area (Å²) in [4.78, 5) is 41.1. The fourth-order valence-corrected chi connectivity index (χ4v) is 2.56. The van der Waals surface area contributed by atoms with E-state index in [-0.39, 0.29) is 18.4 Å². The molecule has 2 heterocycles. The zero-order valence-corrected chi connectivity index (χ0v) is 11.6. The van der Waals surface area contributed by atoms with Gasteiger partial charge in [0.1, 0.15) is 17.9 Å². The van der Waals surface area contributed by atoms with Crippen LogP contribution in [0.25, 0.3) is 0 Å². The summed E-state index contributed by atoms with van der Waals surface area (Å²) in [5.41, 5.74) is -0.859. The van der Waals surface area contributed by atoms with Gasteiger partial charge in [-0.05, 0) is 37.8 Å². The first-order valence-corrected chi connectivity index (χ1v) is 6.86. The number of hydrogen-bond acceptors (Lipinski definition) is 4. The summed E-state index contributed by atoms with van der Waals surface area (Å²) in [5, 5.41) is 5.26. The standard InChI is InChI=1S/C14H16N4O3/c1-14(9-5-6-9)12(20)18(13(21)17-14)8-11(19)16-10-4-2-3-7-15-10/h2-4,7,9H,5-6,8H2,1H3,(H,17,21)(H,15,16,19). The third-order valence-corrected chi connectivity index (χ3v) is 3.93. The molecule has 1 saturated carbocycles. The highest BCUT2D eigenvalue weighted by atomic mass is 16.2. The lowest BCUT2D eigenvalue weighted by molar-refractivity contribution is -0.134. The van der Waals surface area contributed by atoms with Crippen LogP contribution in [0.2, 0.25) is 0 Å². The van der Waals surface area contributed by atoms with Gasteiger partial charge in [-0.25, -0.2) is 9.78 Å². The van der Waals surface area contributed by atoms with Gasteiger partial charge in [0.05, 0.1) is 0 Å². The molecule has 0 radical (unpaired) electrons. The monoisotopic (exact) mass is 288 g/mol. The van der Waals surface area contributed by atoms with E-state index >= 15 is 0 Å². The minimum Gasteiger partial charge on any atom is -0.323 e. The Balaban J connectivity index is 1.66. The van der Waals surface area contributed by atoms with Crippen LogP contribution in [0.15, 0.2) is 24.4 Å². The number of urea groups is 1. The molecule has 1 aromatic heterocycles. The molecule has 0 aromatic carbocycles. The number of nitrogens with zero attached hydrogens (tertiary/aromatic N) is 2. The Labute approximate surface area is 121 Å². The van der Waals surface area contributed by atoms with Crippen molar-refractivity contribution in [2.45, 2.75) is 25.3 Å². The van der Waals surface area contributed by atoms with E-state index in [2.05, 4.69) is 15.6 Å². The minimum atomic E-state index is -0.859. The normalized spacial score (nSPS) is 24.9. The molecule has 7 heteroatoms. The van der Waals surface area contributed by atoms with Crippen molar-refractivity contribution >= 4 is 23.7 Å². The van der Waals surface area contributed by atoms with Gasteiger partial charge in [0.25, 0.3) is 5.91 Å². The van der Waals surface area contributed by atoms with Gasteiger partial charge in [0.15, 0.2) is 0 Å². The van der Waals surface area contributed by atoms with Crippen molar-refractivity contribution in [1.29, 1.82) is 0 Å². The first-order chi connectivity index (χ1) is 10.0. The third-order valence-electron chi connectivity index (χ3n) is 3.93. The van der Waals surface area contributed by atoms with Gasteiger partial charge in [-0.3, -0.25) is 14.5 Å². The van der Waals surface area contributed by atoms with Crippen LogP contribution in [0.3, 0.4) is 0 Å². The zero-order chi connectivity index (χ0) is 15.0. The molecule has 2 N–H and O–H groups in total. The van der Waals surface area contributed by atoms with Gasteiger partial charge in [0.2, 0.25) is 5.91 Å². The number of carbonyl (C=O) groups is 3. The van der Waals surface area contributed by atoms with Crippen LogP contribution < -0.4 is 10.6 Å². The summed E-state index contributed by atoms with van der Waals surface area (Å²) in [6.45, 7) is 1.42. The van der Waals surface area contributed by atoms with E-state index in [1.807, 2.05) is 0 Å². The van der Waals surface area contributed by atoms with E-state index in [0.29, 0.717) is 5.82 Å². The van der Waals surface area contributed by atoms with Crippen molar-refractivity contribution in [3.63, 3.8) is 0 Å². The molecule has 2 fully saturated rings. The number of anilines is 1. The Morgan fingerprint density at radius 2 is 2.24 bits per heavy atom. The largest absolute Gasteiger partial charge is 0.325 e. The fraction of sp³-hybridized carbons (Fsp3) is 0.429. The lowest BCUT2D eigenvalue weighted by atomic mass is 9.96. The van der Waals surface area contributed by atoms with Crippen molar-refractivity contribution in [3.8, 4) is 0 Å². The summed E-state index contributed by atoms with van der Waals surface area (Å²) >= 11 is 0. The minimum absolute atomic E-state index is 0.179. The maximum atomic E-state index is 12.4. The zero-order valence-electron chi connectivity index (χ0n) is 11.6. The molecule has 0 spiro atoms. The molecule has 4 amide bonds. The molecule has 1 atom stereocenters. The molecule has 3 rings (SSSR count). The lowest BCUT2D eigenvalue weighted by Gasteiger charge is -2.20. The molecule has 1 aliphatic carbocycles. The van der Waals surface area contributed by atoms with Crippen LogP contribution in [0, 0.1) is 5.92 Å². The second-order valence-corrected chi connectivity index (χ2v) is 5.56. The average molecular weight is 288 g/mol. The molecule has 1 aliphatic heterocycles. The van der Waals surface area contributed by atoms with E-state index in [4.69, 9.17) is 0 Å². The number of nitrogens with one attached hydrogen (secondary N) is 2. The van der Waals surface area contributed by atoms with E-state index in [9.17, 15) is 14.4 Å². The van der Waals surface area contributed by atoms with Crippen LogP contribution in [0.5, 0.6) is 0 Å². The van der Waals surface area contributed by atoms with Crippen molar-refractivity contribution in [1.82, 2.24) is 15.2 Å². The Morgan fingerprint density at radius 1 is 1.48 bits per heavy atom. The molecule has 110 valence electrons. The smallest absolute Gasteiger partial charge is 0.323 e. The van der Waals surface area contributed by atoms with Crippen LogP contribution in [0.1, 0.15) is 19.8 Å². The van der Waals surface area contributed by atoms with Gasteiger partial charge in [-0.15, -0.1) is 0 Å². The molecule has 2 aliphatic rings. The van der Waals surface area contributed by atoms with E-state index < -0.39 is 17.5 Å². The molecule has 21 heavy (non-hydrogen) atoms. The maximum Gasteiger partial charge on any atom is 0.325 e. The number of aromatic nitrogens is 1. The molecule has 1 saturated heterocycles. The molecular weight excluding hydrogens is 272 g/mol. The Hall–Kier alpha value is -2.44. The van der Waals surface area contributed by atoms with Gasteiger partial charge < -0.3 is 10.6 Å². The second-order valence-electron chi connectivity index (χ2n) is 5.56. The summed E-state index contributed by atoms with van der Waals surface area (Å²) in [6, 6.07) is 4.60. The molecule has 1 unspecified atom stereocenters. The number of pyridine rings is 1. The van der Waals surface area contributed by atoms with Gasteiger partial charge in [0, 0.05) is 6.20 Å². The van der Waals surface area contributed by atoms with Crippen LogP contribution in [0.4, 0.5) is 10.6 Å². The van der Waals surface area contributed by atoms with Gasteiger partial charge in [-0.2, -0.15) is 0 Å². The number of amides is 4. The van der Waals surface area contributed by atoms with E-state index in [1.165, 1.54) is 0 Å². The SMILES string of the molecule is CC1(C2CC2)NC(=O)N(CC(=O)Nc2ccccn2)C1=O. The van der Waals surface area contributed by atoms with Crippen LogP contribution in [-0.4, -0.2) is 39.8 Å². The van der Waals surface area contributed by atoms with Crippen LogP contribution >= 0.6 is 0 Å². The van der Waals surface area contributed by atoms with Crippen molar-refractivity contribution in [3.05, 3.63) is 24.4 Å².